The molecule has 0 unspecified atom stereocenters. The van der Waals surface area contributed by atoms with E-state index in [1.54, 1.807) is 0 Å². The summed E-state index contributed by atoms with van der Waals surface area (Å²) in [7, 11) is 0. The van der Waals surface area contributed by atoms with Gasteiger partial charge in [-0.1, -0.05) is 78.9 Å². The van der Waals surface area contributed by atoms with Gasteiger partial charge in [-0.25, -0.2) is 0 Å². The predicted octanol–water partition coefficient (Wildman–Crippen LogP) is 5.05. The molecule has 1 fully saturated rings. The van der Waals surface area contributed by atoms with Gasteiger partial charge in [0.2, 0.25) is 0 Å². The number of hydrogen-bond donors (Lipinski definition) is 1. The van der Waals surface area contributed by atoms with Gasteiger partial charge in [0.25, 0.3) is 0 Å². The second kappa shape index (κ2) is 9.92. The summed E-state index contributed by atoms with van der Waals surface area (Å²) >= 11 is 0. The van der Waals surface area contributed by atoms with Crippen molar-refractivity contribution in [3.8, 4) is 5.75 Å². The fourth-order valence-corrected chi connectivity index (χ4v) is 4.62. The highest BCUT2D eigenvalue weighted by atomic mass is 16.5. The summed E-state index contributed by atoms with van der Waals surface area (Å²) in [5.41, 5.74) is 1.45. The molecule has 4 rings (SSSR count). The van der Waals surface area contributed by atoms with Crippen LogP contribution in [0, 0.1) is 0 Å². The van der Waals surface area contributed by atoms with Crippen LogP contribution in [0.25, 0.3) is 0 Å². The number of likely N-dealkylation sites (tertiary alicyclic amines) is 1. The molecule has 1 N–H and O–H groups in total. The van der Waals surface area contributed by atoms with Crippen LogP contribution in [-0.4, -0.2) is 35.7 Å². The molecule has 0 saturated carbocycles. The highest BCUT2D eigenvalue weighted by Gasteiger charge is 2.44. The molecule has 0 aromatic heterocycles. The van der Waals surface area contributed by atoms with E-state index in [-0.39, 0.29) is 6.04 Å². The number of benzene rings is 3. The van der Waals surface area contributed by atoms with E-state index in [2.05, 4.69) is 41.3 Å². The number of para-hydroxylation sites is 1. The molecule has 1 aliphatic heterocycles. The van der Waals surface area contributed by atoms with Gasteiger partial charge in [-0.2, -0.15) is 0 Å². The van der Waals surface area contributed by atoms with Crippen molar-refractivity contribution in [3.63, 3.8) is 0 Å². The van der Waals surface area contributed by atoms with E-state index in [1.807, 2.05) is 54.6 Å². The van der Waals surface area contributed by atoms with Crippen molar-refractivity contribution in [2.24, 2.45) is 0 Å². The lowest BCUT2D eigenvalue weighted by atomic mass is 9.76. The van der Waals surface area contributed by atoms with E-state index >= 15 is 0 Å². The normalized spacial score (nSPS) is 22.0. The molecule has 1 heterocycles. The Morgan fingerprint density at radius 3 is 2.20 bits per heavy atom. The van der Waals surface area contributed by atoms with Crippen molar-refractivity contribution in [3.05, 3.63) is 102 Å². The van der Waals surface area contributed by atoms with Crippen molar-refractivity contribution < 1.29 is 9.84 Å². The van der Waals surface area contributed by atoms with Crippen molar-refractivity contribution in [2.75, 3.05) is 19.7 Å². The highest BCUT2D eigenvalue weighted by Crippen LogP contribution is 2.38. The first-order valence-electron chi connectivity index (χ1n) is 11.0. The minimum atomic E-state index is -0.838. The largest absolute Gasteiger partial charge is 0.494 e. The number of aliphatic hydroxyl groups is 1. The summed E-state index contributed by atoms with van der Waals surface area (Å²) in [6.07, 6.45) is 3.57. The van der Waals surface area contributed by atoms with Gasteiger partial charge in [-0.05, 0) is 55.5 Å². The van der Waals surface area contributed by atoms with Gasteiger partial charge < -0.3 is 9.84 Å². The number of piperidine rings is 1. The van der Waals surface area contributed by atoms with Crippen LogP contribution in [0.4, 0.5) is 0 Å². The lowest BCUT2D eigenvalue weighted by molar-refractivity contribution is -0.0874. The molecule has 156 valence electrons. The fraction of sp³-hybridized carbons (Fsp3) is 0.333. The first-order chi connectivity index (χ1) is 14.8. The van der Waals surface area contributed by atoms with E-state index < -0.39 is 5.60 Å². The smallest absolute Gasteiger partial charge is 0.119 e. The van der Waals surface area contributed by atoms with E-state index in [0.717, 1.165) is 50.1 Å². The molecule has 0 radical (unpaired) electrons. The average Bonchev–Trinajstić information content (AvgIpc) is 2.81. The maximum Gasteiger partial charge on any atom is 0.119 e. The molecule has 30 heavy (non-hydrogen) atoms. The number of nitrogens with zero attached hydrogens (tertiary/aromatic N) is 1. The fourth-order valence-electron chi connectivity index (χ4n) is 4.62. The topological polar surface area (TPSA) is 32.7 Å². The molecular formula is C27H31NO2. The Labute approximate surface area is 179 Å². The first kappa shape index (κ1) is 20.6. The zero-order valence-electron chi connectivity index (χ0n) is 17.5. The summed E-state index contributed by atoms with van der Waals surface area (Å²) < 4.78 is 5.90. The Morgan fingerprint density at radius 1 is 0.867 bits per heavy atom. The minimum absolute atomic E-state index is 0.0489. The van der Waals surface area contributed by atoms with Crippen molar-refractivity contribution in [2.45, 2.75) is 37.3 Å². The molecule has 3 aromatic rings. The molecule has 0 spiro atoms. The summed E-state index contributed by atoms with van der Waals surface area (Å²) in [4.78, 5) is 2.47. The van der Waals surface area contributed by atoms with Crippen LogP contribution in [0.5, 0.6) is 5.75 Å². The lowest BCUT2D eigenvalue weighted by Gasteiger charge is -2.47. The Morgan fingerprint density at radius 2 is 1.50 bits per heavy atom. The maximum atomic E-state index is 11.9. The van der Waals surface area contributed by atoms with Crippen molar-refractivity contribution in [1.29, 1.82) is 0 Å². The molecule has 3 heteroatoms. The van der Waals surface area contributed by atoms with Crippen molar-refractivity contribution >= 4 is 0 Å². The summed E-state index contributed by atoms with van der Waals surface area (Å²) in [6, 6.07) is 30.8. The molecule has 0 aliphatic carbocycles. The highest BCUT2D eigenvalue weighted by molar-refractivity contribution is 5.28. The van der Waals surface area contributed by atoms with Crippen molar-refractivity contribution in [1.82, 2.24) is 4.90 Å². The molecule has 0 bridgehead atoms. The number of hydrogen-bond acceptors (Lipinski definition) is 3. The summed E-state index contributed by atoms with van der Waals surface area (Å²) in [5, 5.41) is 11.9. The van der Waals surface area contributed by atoms with Gasteiger partial charge in [0.1, 0.15) is 11.4 Å². The van der Waals surface area contributed by atoms with E-state index in [9.17, 15) is 5.11 Å². The van der Waals surface area contributed by atoms with E-state index in [1.165, 1.54) is 5.56 Å². The number of ether oxygens (including phenoxy) is 1. The molecule has 0 amide bonds. The Kier molecular flexibility index (Phi) is 6.83. The maximum absolute atomic E-state index is 11.9. The van der Waals surface area contributed by atoms with Crippen LogP contribution >= 0.6 is 0 Å². The molecule has 1 aliphatic rings. The van der Waals surface area contributed by atoms with Crippen LogP contribution in [0.3, 0.4) is 0 Å². The van der Waals surface area contributed by atoms with Gasteiger partial charge in [0, 0.05) is 12.6 Å². The van der Waals surface area contributed by atoms with E-state index in [0.29, 0.717) is 6.61 Å². The Balaban J connectivity index is 1.48. The SMILES string of the molecule is O[C@@]1(c2ccccc2)CCCN(CCCOc2ccccc2)[C@@H]1Cc1ccccc1. The third kappa shape index (κ3) is 4.92. The minimum Gasteiger partial charge on any atom is -0.494 e. The van der Waals surface area contributed by atoms with Gasteiger partial charge in [-0.15, -0.1) is 0 Å². The quantitative estimate of drug-likeness (QED) is 0.536. The molecule has 1 saturated heterocycles. The predicted molar refractivity (Wildman–Crippen MR) is 122 cm³/mol. The molecule has 3 nitrogen and oxygen atoms in total. The second-order valence-corrected chi connectivity index (χ2v) is 8.15. The Bertz CT molecular complexity index is 885. The summed E-state index contributed by atoms with van der Waals surface area (Å²) in [5.74, 6) is 0.915. The summed E-state index contributed by atoms with van der Waals surface area (Å²) in [6.45, 7) is 2.61. The Hall–Kier alpha value is -2.62. The van der Waals surface area contributed by atoms with Gasteiger partial charge in [0.15, 0.2) is 0 Å². The zero-order valence-corrected chi connectivity index (χ0v) is 17.5. The molecule has 2 atom stereocenters. The zero-order chi connectivity index (χ0) is 20.7. The lowest BCUT2D eigenvalue weighted by Crippen LogP contribution is -2.56. The van der Waals surface area contributed by atoms with Gasteiger partial charge >= 0.3 is 0 Å². The third-order valence-electron chi connectivity index (χ3n) is 6.14. The van der Waals surface area contributed by atoms with Crippen LogP contribution in [0.2, 0.25) is 0 Å². The van der Waals surface area contributed by atoms with Crippen LogP contribution in [0.1, 0.15) is 30.4 Å². The van der Waals surface area contributed by atoms with Gasteiger partial charge in [0.05, 0.1) is 6.61 Å². The van der Waals surface area contributed by atoms with E-state index in [4.69, 9.17) is 4.74 Å². The standard InChI is InChI=1S/C27H31NO2/c29-27(24-14-6-2-7-15-24)18-10-19-28(26(27)22-23-12-4-1-5-13-23)20-11-21-30-25-16-8-3-9-17-25/h1-9,12-17,26,29H,10-11,18-22H2/t26-,27-/m1/s1. The third-order valence-corrected chi connectivity index (χ3v) is 6.14. The second-order valence-electron chi connectivity index (χ2n) is 8.15. The van der Waals surface area contributed by atoms with Crippen LogP contribution in [-0.2, 0) is 12.0 Å². The van der Waals surface area contributed by atoms with Crippen LogP contribution < -0.4 is 4.74 Å². The monoisotopic (exact) mass is 401 g/mol. The number of rotatable bonds is 8. The van der Waals surface area contributed by atoms with Crippen LogP contribution in [0.15, 0.2) is 91.0 Å². The van der Waals surface area contributed by atoms with Gasteiger partial charge in [-0.3, -0.25) is 4.90 Å². The average molecular weight is 402 g/mol. The molecular weight excluding hydrogens is 370 g/mol. The molecule has 3 aromatic carbocycles. The first-order valence-corrected chi connectivity index (χ1v) is 11.0.